The number of nitrogens with one attached hydrogen (secondary N) is 3. The van der Waals surface area contributed by atoms with Crippen molar-refractivity contribution in [3.05, 3.63) is 29.2 Å². The van der Waals surface area contributed by atoms with Gasteiger partial charge >= 0.3 is 156 Å². The number of ether oxygens (including phenoxy) is 2. The molecule has 4 N–H and O–H groups in total. The van der Waals surface area contributed by atoms with E-state index in [1.165, 1.54) is 21.2 Å². The molecule has 1 saturated heterocycles. The second-order valence-corrected chi connectivity index (χ2v) is 14.5. The van der Waals surface area contributed by atoms with Gasteiger partial charge in [-0.2, -0.15) is 13.2 Å². The summed E-state index contributed by atoms with van der Waals surface area (Å²) in [5.74, 6) is -0.124. The number of alkyl halides is 3. The third kappa shape index (κ3) is 7.02. The third-order valence-corrected chi connectivity index (χ3v) is 13.4. The number of halogens is 3. The van der Waals surface area contributed by atoms with Crippen LogP contribution < -0.4 is 10.6 Å². The molecular weight excluding hydrogens is 615 g/mol. The Hall–Kier alpha value is -2.09. The summed E-state index contributed by atoms with van der Waals surface area (Å²) < 4.78 is 49.6. The molecule has 11 nitrogen and oxygen atoms in total. The van der Waals surface area contributed by atoms with Gasteiger partial charge in [0.2, 0.25) is 0 Å². The van der Waals surface area contributed by atoms with Crippen molar-refractivity contribution in [3.8, 4) is 0 Å². The summed E-state index contributed by atoms with van der Waals surface area (Å²) in [5, 5.41) is 24.8. The van der Waals surface area contributed by atoms with Crippen molar-refractivity contribution in [3.63, 3.8) is 0 Å². The molecule has 0 aromatic carbocycles. The van der Waals surface area contributed by atoms with E-state index in [2.05, 4.69) is 30.7 Å². The van der Waals surface area contributed by atoms with Gasteiger partial charge < -0.3 is 10.4 Å². The summed E-state index contributed by atoms with van der Waals surface area (Å²) in [4.78, 5) is 22.4. The number of carboxylic acid groups (broad SMARTS) is 1. The van der Waals surface area contributed by atoms with Gasteiger partial charge in [0.15, 0.2) is 0 Å². The van der Waals surface area contributed by atoms with Gasteiger partial charge in [0.05, 0.1) is 0 Å². The van der Waals surface area contributed by atoms with Crippen LogP contribution in [0.15, 0.2) is 12.1 Å². The molecule has 16 heteroatoms. The van der Waals surface area contributed by atoms with Crippen molar-refractivity contribution in [2.75, 3.05) is 18.5 Å². The van der Waals surface area contributed by atoms with Gasteiger partial charge in [0, 0.05) is 5.54 Å². The predicted molar refractivity (Wildman–Crippen MR) is 125 cm³/mol. The number of hydrogen-bond donors (Lipinski definition) is 4. The Morgan fingerprint density at radius 1 is 1.42 bits per heavy atom. The average Bonchev–Trinajstić information content (AvgIpc) is 3.07. The van der Waals surface area contributed by atoms with Crippen molar-refractivity contribution >= 4 is 49.9 Å². The van der Waals surface area contributed by atoms with Gasteiger partial charge in [-0.3, -0.25) is 0 Å². The van der Waals surface area contributed by atoms with Gasteiger partial charge in [-0.25, -0.2) is 4.79 Å². The van der Waals surface area contributed by atoms with Crippen molar-refractivity contribution in [2.24, 2.45) is 7.05 Å². The van der Waals surface area contributed by atoms with Crippen LogP contribution in [0.5, 0.6) is 0 Å². The Labute approximate surface area is 216 Å². The number of carbonyl (C=O) groups excluding carboxylic acids is 1. The van der Waals surface area contributed by atoms with Crippen LogP contribution in [0.2, 0.25) is 0 Å². The number of aromatic nitrogens is 4. The first-order valence-corrected chi connectivity index (χ1v) is 16.1. The number of H-pyrrole nitrogens is 1. The van der Waals surface area contributed by atoms with Crippen molar-refractivity contribution in [1.29, 1.82) is 0 Å². The number of hydrogen-bond acceptors (Lipinski definition) is 7. The number of amides is 2. The molecule has 1 saturated carbocycles. The van der Waals surface area contributed by atoms with Gasteiger partial charge in [-0.1, -0.05) is 0 Å². The predicted octanol–water partition coefficient (Wildman–Crippen LogP) is 2.26. The fraction of sp³-hybridized carbons (Fsp3) is 0.550. The van der Waals surface area contributed by atoms with E-state index in [0.29, 0.717) is 11.1 Å². The molecule has 5 rings (SSSR count). The van der Waals surface area contributed by atoms with Crippen LogP contribution in [0.3, 0.4) is 0 Å². The molecule has 2 amide bonds. The van der Waals surface area contributed by atoms with E-state index < -0.39 is 24.8 Å². The number of carbonyl (C=O) groups is 2. The van der Waals surface area contributed by atoms with Crippen LogP contribution in [-0.2, 0) is 23.1 Å². The fourth-order valence-corrected chi connectivity index (χ4v) is 9.53. The molecule has 4 heterocycles. The zero-order valence-electron chi connectivity index (χ0n) is 19.3. The molecule has 2 fully saturated rings. The van der Waals surface area contributed by atoms with Gasteiger partial charge in [-0.05, 0) is 19.8 Å². The quantitative estimate of drug-likeness (QED) is 0.338. The molecule has 2 aromatic heterocycles. The van der Waals surface area contributed by atoms with Crippen LogP contribution in [-0.4, -0.2) is 90.4 Å². The van der Waals surface area contributed by atoms with E-state index in [0.717, 1.165) is 25.1 Å². The number of anilines is 1. The molecule has 2 aromatic rings. The number of aryl methyl sites for hydroxylation is 1. The molecule has 0 spiro atoms. The molecule has 2 aliphatic heterocycles. The van der Waals surface area contributed by atoms with E-state index in [1.54, 1.807) is 6.07 Å². The van der Waals surface area contributed by atoms with Crippen LogP contribution in [0.25, 0.3) is 0 Å². The summed E-state index contributed by atoms with van der Waals surface area (Å²) >= 11 is -0.348. The molecular formula is C20H24F3N6O5SSb. The summed E-state index contributed by atoms with van der Waals surface area (Å²) in [6.45, 7) is 0.913. The number of aromatic amines is 1. The summed E-state index contributed by atoms with van der Waals surface area (Å²) in [7, 11) is 3.53. The molecule has 2 atom stereocenters. The molecule has 1 aliphatic carbocycles. The minimum absolute atomic E-state index is 0.0597. The van der Waals surface area contributed by atoms with Crippen LogP contribution in [0.1, 0.15) is 47.7 Å². The molecule has 0 bridgehead atoms. The van der Waals surface area contributed by atoms with E-state index in [9.17, 15) is 22.8 Å². The first-order chi connectivity index (χ1) is 16.9. The first-order valence-electron chi connectivity index (χ1n) is 10.8. The molecule has 2 unspecified atom stereocenters. The zero-order valence-corrected chi connectivity index (χ0v) is 22.6. The number of rotatable bonds is 7. The second kappa shape index (κ2) is 10.7. The van der Waals surface area contributed by atoms with Crippen molar-refractivity contribution in [1.82, 2.24) is 25.3 Å². The Kier molecular flexibility index (Phi) is 8.03. The standard InChI is InChI=1S/C15H16F3N5O3S.C5H9NO2.Sb/c1-23-11(2-8(22-23)5-25-7-15(16,17)18)14(24)19-13-4-10(20-21-13)12-3-9(27)6-26-12;1-5(2-3-5)6-4(7)8;/h2,4,9,12,27H,5-7H2,1H3,(H2,19,20,21,24);6H,2-3H2,1H3,(H,7,8);/q;;+1/p-1. The summed E-state index contributed by atoms with van der Waals surface area (Å²) in [6.07, 6.45) is -3.41. The molecule has 196 valence electrons. The first kappa shape index (κ1) is 27.0. The number of nitrogens with zero attached hydrogens (tertiary/aromatic N) is 3. The van der Waals surface area contributed by atoms with Crippen molar-refractivity contribution in [2.45, 2.75) is 49.4 Å². The van der Waals surface area contributed by atoms with Crippen LogP contribution in [0, 0.1) is 0 Å². The van der Waals surface area contributed by atoms with E-state index >= 15 is 0 Å². The minimum atomic E-state index is -4.41. The topological polar surface area (TPSA) is 143 Å². The Bertz CT molecular complexity index is 1170. The molecule has 0 radical (unpaired) electrons. The van der Waals surface area contributed by atoms with Gasteiger partial charge in [-0.15, -0.1) is 0 Å². The van der Waals surface area contributed by atoms with E-state index in [1.807, 2.05) is 15.8 Å². The maximum absolute atomic E-state index is 12.5. The van der Waals surface area contributed by atoms with Gasteiger partial charge in [0.1, 0.15) is 6.61 Å². The second-order valence-electron chi connectivity index (χ2n) is 8.73. The third-order valence-electron chi connectivity index (χ3n) is 5.51. The Morgan fingerprint density at radius 2 is 2.17 bits per heavy atom. The van der Waals surface area contributed by atoms with Gasteiger partial charge in [0.25, 0.3) is 0 Å². The molecule has 3 aliphatic rings. The van der Waals surface area contributed by atoms with E-state index in [-0.39, 0.29) is 49.4 Å². The number of fused-ring (bicyclic) bond motifs is 1. The van der Waals surface area contributed by atoms with Crippen molar-refractivity contribution < 1.29 is 37.3 Å². The average molecular weight is 639 g/mol. The summed E-state index contributed by atoms with van der Waals surface area (Å²) in [5.41, 5.74) is 1.15. The zero-order chi connectivity index (χ0) is 26.1. The van der Waals surface area contributed by atoms with Crippen LogP contribution >= 0.6 is 8.85 Å². The Morgan fingerprint density at radius 3 is 2.72 bits per heavy atom. The normalized spacial score (nSPS) is 21.4. The van der Waals surface area contributed by atoms with Crippen LogP contribution in [0.4, 0.5) is 23.8 Å². The summed E-state index contributed by atoms with van der Waals surface area (Å²) in [6, 6.07) is 3.12. The maximum atomic E-state index is 12.5. The van der Waals surface area contributed by atoms with E-state index in [4.69, 9.17) is 9.84 Å². The SMILES string of the molecule is CC1(NC(=O)O)CC1.Cn1nc(COCC(F)(F)F)cc1C(=O)Nc1cc(C2OCC3[S][Sb]=[C]32)[nH]n1. The fourth-order valence-electron chi connectivity index (χ4n) is 3.41. The molecule has 36 heavy (non-hydrogen) atoms. The Balaban J connectivity index is 0.000000325. The monoisotopic (exact) mass is 638 g/mol.